The monoisotopic (exact) mass is 416 g/mol. The zero-order chi connectivity index (χ0) is 21.0. The molecule has 2 aromatic carbocycles. The summed E-state index contributed by atoms with van der Waals surface area (Å²) in [6, 6.07) is 11.2. The molecule has 0 atom stereocenters. The van der Waals surface area contributed by atoms with Gasteiger partial charge in [0.05, 0.1) is 12.0 Å². The molecule has 9 heteroatoms. The van der Waals surface area contributed by atoms with E-state index in [0.29, 0.717) is 34.4 Å². The Hall–Kier alpha value is -3.33. The fraction of sp³-hybridized carbons (Fsp3) is 0.150. The largest absolute Gasteiger partial charge is 0.493 e. The van der Waals surface area contributed by atoms with E-state index in [1.807, 2.05) is 0 Å². The van der Waals surface area contributed by atoms with Crippen molar-refractivity contribution in [3.63, 3.8) is 0 Å². The van der Waals surface area contributed by atoms with Crippen molar-refractivity contribution in [2.24, 2.45) is 5.73 Å². The zero-order valence-electron chi connectivity index (χ0n) is 15.4. The Morgan fingerprint density at radius 1 is 1.21 bits per heavy atom. The number of amides is 3. The summed E-state index contributed by atoms with van der Waals surface area (Å²) in [5.41, 5.74) is 6.02. The number of primary amides is 1. The van der Waals surface area contributed by atoms with Crippen LogP contribution in [0.25, 0.3) is 6.08 Å². The number of methoxy groups -OCH3 is 1. The summed E-state index contributed by atoms with van der Waals surface area (Å²) in [4.78, 5) is 36.2. The molecular weight excluding hydrogens is 399 g/mol. The van der Waals surface area contributed by atoms with Gasteiger partial charge in [0, 0.05) is 5.56 Å². The predicted octanol–water partition coefficient (Wildman–Crippen LogP) is 2.93. The Morgan fingerprint density at radius 2 is 1.97 bits per heavy atom. The van der Waals surface area contributed by atoms with Crippen LogP contribution in [0.4, 0.5) is 9.18 Å². The van der Waals surface area contributed by atoms with Crippen LogP contribution in [0.2, 0.25) is 0 Å². The molecule has 2 aromatic rings. The van der Waals surface area contributed by atoms with Crippen LogP contribution in [0.15, 0.2) is 47.4 Å². The molecule has 1 aliphatic heterocycles. The van der Waals surface area contributed by atoms with Gasteiger partial charge in [-0.2, -0.15) is 0 Å². The van der Waals surface area contributed by atoms with Gasteiger partial charge in [-0.3, -0.25) is 19.3 Å². The van der Waals surface area contributed by atoms with Gasteiger partial charge in [0.2, 0.25) is 5.91 Å². The summed E-state index contributed by atoms with van der Waals surface area (Å²) in [7, 11) is 1.47. The summed E-state index contributed by atoms with van der Waals surface area (Å²) in [6.45, 7) is -0.483. The first-order valence-electron chi connectivity index (χ1n) is 8.47. The van der Waals surface area contributed by atoms with Gasteiger partial charge in [-0.05, 0) is 41.6 Å². The lowest BCUT2D eigenvalue weighted by Crippen LogP contribution is -2.36. The molecule has 2 N–H and O–H groups in total. The number of ether oxygens (including phenoxy) is 2. The first-order chi connectivity index (χ1) is 13.9. The van der Waals surface area contributed by atoms with E-state index < -0.39 is 23.6 Å². The topological polar surface area (TPSA) is 98.9 Å². The Bertz CT molecular complexity index is 1010. The van der Waals surface area contributed by atoms with Gasteiger partial charge in [0.1, 0.15) is 19.0 Å². The second-order valence-electron chi connectivity index (χ2n) is 6.02. The summed E-state index contributed by atoms with van der Waals surface area (Å²) in [5.74, 6) is -0.975. The van der Waals surface area contributed by atoms with Crippen LogP contribution in [0, 0.1) is 5.82 Å². The number of nitrogens with two attached hydrogens (primary N) is 1. The average Bonchev–Trinajstić information content (AvgIpc) is 2.94. The molecule has 1 heterocycles. The molecule has 1 fully saturated rings. The van der Waals surface area contributed by atoms with E-state index in [9.17, 15) is 18.8 Å². The summed E-state index contributed by atoms with van der Waals surface area (Å²) >= 11 is 0.716. The summed E-state index contributed by atoms with van der Waals surface area (Å²) in [5, 5.41) is -0.565. The fourth-order valence-corrected chi connectivity index (χ4v) is 3.45. The molecule has 150 valence electrons. The summed E-state index contributed by atoms with van der Waals surface area (Å²) in [6.07, 6.45) is 1.50. The minimum Gasteiger partial charge on any atom is -0.493 e. The van der Waals surface area contributed by atoms with Crippen molar-refractivity contribution in [3.05, 3.63) is 64.3 Å². The number of thioether (sulfide) groups is 1. The van der Waals surface area contributed by atoms with Gasteiger partial charge >= 0.3 is 0 Å². The molecule has 0 aliphatic carbocycles. The molecule has 0 unspecified atom stereocenters. The van der Waals surface area contributed by atoms with Crippen molar-refractivity contribution in [2.45, 2.75) is 6.61 Å². The Balaban J connectivity index is 1.82. The van der Waals surface area contributed by atoms with E-state index in [1.165, 1.54) is 19.3 Å². The van der Waals surface area contributed by atoms with Crippen molar-refractivity contribution < 1.29 is 28.2 Å². The zero-order valence-corrected chi connectivity index (χ0v) is 16.2. The van der Waals surface area contributed by atoms with Gasteiger partial charge in [0.25, 0.3) is 11.1 Å². The van der Waals surface area contributed by atoms with Crippen molar-refractivity contribution >= 4 is 34.9 Å². The number of halogens is 1. The molecule has 1 saturated heterocycles. The molecule has 0 saturated carbocycles. The van der Waals surface area contributed by atoms with E-state index in [4.69, 9.17) is 15.2 Å². The number of hydrogen-bond donors (Lipinski definition) is 1. The predicted molar refractivity (Wildman–Crippen MR) is 106 cm³/mol. The van der Waals surface area contributed by atoms with Crippen LogP contribution in [-0.2, 0) is 16.2 Å². The van der Waals surface area contributed by atoms with Crippen molar-refractivity contribution in [2.75, 3.05) is 13.7 Å². The molecule has 7 nitrogen and oxygen atoms in total. The van der Waals surface area contributed by atoms with Crippen LogP contribution >= 0.6 is 11.8 Å². The molecule has 0 radical (unpaired) electrons. The van der Waals surface area contributed by atoms with Gasteiger partial charge in [-0.25, -0.2) is 4.39 Å². The molecule has 29 heavy (non-hydrogen) atoms. The smallest absolute Gasteiger partial charge is 0.294 e. The first-order valence-corrected chi connectivity index (χ1v) is 9.28. The van der Waals surface area contributed by atoms with Crippen molar-refractivity contribution in [1.82, 2.24) is 4.90 Å². The highest BCUT2D eigenvalue weighted by molar-refractivity contribution is 8.18. The lowest BCUT2D eigenvalue weighted by molar-refractivity contribution is -0.127. The number of hydrogen-bond acceptors (Lipinski definition) is 6. The van der Waals surface area contributed by atoms with Gasteiger partial charge < -0.3 is 15.2 Å². The van der Waals surface area contributed by atoms with Crippen LogP contribution in [0.3, 0.4) is 0 Å². The minimum absolute atomic E-state index is 0.0123. The van der Waals surface area contributed by atoms with Crippen molar-refractivity contribution in [1.29, 1.82) is 0 Å². The fourth-order valence-electron chi connectivity index (χ4n) is 2.61. The van der Waals surface area contributed by atoms with Gasteiger partial charge in [-0.1, -0.05) is 24.3 Å². The Labute approximate surface area is 170 Å². The van der Waals surface area contributed by atoms with E-state index in [0.717, 1.165) is 4.90 Å². The van der Waals surface area contributed by atoms with E-state index in [-0.39, 0.29) is 17.3 Å². The third-order valence-electron chi connectivity index (χ3n) is 4.01. The van der Waals surface area contributed by atoms with E-state index >= 15 is 0 Å². The number of carbonyl (C=O) groups excluding carboxylic acids is 3. The maximum Gasteiger partial charge on any atom is 0.294 e. The minimum atomic E-state index is -0.776. The second-order valence-corrected chi connectivity index (χ2v) is 7.02. The quantitative estimate of drug-likeness (QED) is 0.697. The van der Waals surface area contributed by atoms with Crippen LogP contribution < -0.4 is 15.2 Å². The third kappa shape index (κ3) is 4.75. The first kappa shape index (κ1) is 20.4. The third-order valence-corrected chi connectivity index (χ3v) is 4.92. The molecule has 0 bridgehead atoms. The maximum absolute atomic E-state index is 13.8. The summed E-state index contributed by atoms with van der Waals surface area (Å²) < 4.78 is 24.8. The maximum atomic E-state index is 13.8. The molecule has 3 rings (SSSR count). The normalized spacial score (nSPS) is 15.1. The SMILES string of the molecule is COc1ccc(/C=C2\SC(=O)N(CC(N)=O)C2=O)cc1OCc1ccccc1F. The molecule has 3 amide bonds. The highest BCUT2D eigenvalue weighted by Gasteiger charge is 2.35. The number of rotatable bonds is 7. The lowest BCUT2D eigenvalue weighted by atomic mass is 10.1. The Morgan fingerprint density at radius 3 is 2.66 bits per heavy atom. The van der Waals surface area contributed by atoms with Crippen LogP contribution in [0.1, 0.15) is 11.1 Å². The standard InChI is InChI=1S/C20H17FN2O5S/c1-27-15-7-6-12(8-16(15)28-11-13-4-2-3-5-14(13)21)9-17-19(25)23(10-18(22)24)20(26)29-17/h2-9H,10-11H2,1H3,(H2,22,24)/b17-9-. The molecule has 1 aliphatic rings. The van der Waals surface area contributed by atoms with Crippen LogP contribution in [-0.4, -0.2) is 35.6 Å². The van der Waals surface area contributed by atoms with Gasteiger partial charge in [0.15, 0.2) is 11.5 Å². The molecular formula is C20H17FN2O5S. The number of benzene rings is 2. The van der Waals surface area contributed by atoms with Crippen LogP contribution in [0.5, 0.6) is 11.5 Å². The van der Waals surface area contributed by atoms with Crippen molar-refractivity contribution in [3.8, 4) is 11.5 Å². The number of imide groups is 1. The number of nitrogens with zero attached hydrogens (tertiary/aromatic N) is 1. The Kier molecular flexibility index (Phi) is 6.18. The lowest BCUT2D eigenvalue weighted by Gasteiger charge is -2.12. The van der Waals surface area contributed by atoms with E-state index in [1.54, 1.807) is 36.4 Å². The molecule has 0 spiro atoms. The number of carbonyl (C=O) groups is 3. The highest BCUT2D eigenvalue weighted by atomic mass is 32.2. The van der Waals surface area contributed by atoms with Gasteiger partial charge in [-0.15, -0.1) is 0 Å². The second kappa shape index (κ2) is 8.78. The average molecular weight is 416 g/mol. The highest BCUT2D eigenvalue weighted by Crippen LogP contribution is 2.34. The molecule has 0 aromatic heterocycles. The van der Waals surface area contributed by atoms with E-state index in [2.05, 4.69) is 0 Å².